The van der Waals surface area contributed by atoms with E-state index in [4.69, 9.17) is 25.8 Å². The number of nitrogens with zero attached hydrogens (tertiary/aromatic N) is 1. The summed E-state index contributed by atoms with van der Waals surface area (Å²) in [7, 11) is 2.75. The van der Waals surface area contributed by atoms with Crippen molar-refractivity contribution in [2.45, 2.75) is 0 Å². The number of benzene rings is 2. The number of esters is 1. The van der Waals surface area contributed by atoms with Crippen LogP contribution in [0, 0.1) is 10.1 Å². The molecule has 2 aromatic rings. The highest BCUT2D eigenvalue weighted by atomic mass is 35.5. The monoisotopic (exact) mass is 337 g/mol. The zero-order chi connectivity index (χ0) is 17.0. The van der Waals surface area contributed by atoms with Gasteiger partial charge in [-0.3, -0.25) is 10.1 Å². The minimum Gasteiger partial charge on any atom is -0.496 e. The van der Waals surface area contributed by atoms with Crippen LogP contribution >= 0.6 is 11.6 Å². The molecule has 0 aliphatic carbocycles. The number of methoxy groups -OCH3 is 2. The number of nitro groups is 1. The summed E-state index contributed by atoms with van der Waals surface area (Å²) >= 11 is 5.83. The highest BCUT2D eigenvalue weighted by Gasteiger charge is 2.22. The Kier molecular flexibility index (Phi) is 5.02. The van der Waals surface area contributed by atoms with Gasteiger partial charge in [-0.15, -0.1) is 0 Å². The lowest BCUT2D eigenvalue weighted by molar-refractivity contribution is -0.385. The van der Waals surface area contributed by atoms with Crippen LogP contribution in [0.2, 0.25) is 5.02 Å². The van der Waals surface area contributed by atoms with E-state index in [9.17, 15) is 14.9 Å². The average molecular weight is 338 g/mol. The van der Waals surface area contributed by atoms with Crippen molar-refractivity contribution in [3.05, 3.63) is 57.1 Å². The van der Waals surface area contributed by atoms with Gasteiger partial charge in [0.15, 0.2) is 0 Å². The van der Waals surface area contributed by atoms with Crippen molar-refractivity contribution in [2.24, 2.45) is 0 Å². The van der Waals surface area contributed by atoms with E-state index in [-0.39, 0.29) is 28.5 Å². The largest absolute Gasteiger partial charge is 0.496 e. The van der Waals surface area contributed by atoms with Gasteiger partial charge in [-0.1, -0.05) is 11.6 Å². The number of nitro benzene ring substituents is 1. The molecule has 8 heteroatoms. The molecule has 2 aromatic carbocycles. The summed E-state index contributed by atoms with van der Waals surface area (Å²) in [4.78, 5) is 22.7. The summed E-state index contributed by atoms with van der Waals surface area (Å²) in [5, 5.41) is 11.5. The molecule has 120 valence electrons. The molecule has 0 saturated carbocycles. The molecule has 0 aliphatic heterocycles. The van der Waals surface area contributed by atoms with Crippen LogP contribution in [-0.4, -0.2) is 25.1 Å². The van der Waals surface area contributed by atoms with Crippen LogP contribution in [0.25, 0.3) is 0 Å². The maximum Gasteiger partial charge on any atom is 0.347 e. The van der Waals surface area contributed by atoms with Gasteiger partial charge in [0, 0.05) is 5.02 Å². The van der Waals surface area contributed by atoms with Gasteiger partial charge in [-0.25, -0.2) is 4.79 Å². The van der Waals surface area contributed by atoms with Crippen LogP contribution in [-0.2, 0) is 0 Å². The summed E-state index contributed by atoms with van der Waals surface area (Å²) in [6, 6.07) is 8.26. The van der Waals surface area contributed by atoms with Crippen LogP contribution in [0.3, 0.4) is 0 Å². The molecule has 0 atom stereocenters. The lowest BCUT2D eigenvalue weighted by Gasteiger charge is -2.09. The number of carbonyl (C=O) groups excluding carboxylic acids is 1. The molecule has 0 N–H and O–H groups in total. The van der Waals surface area contributed by atoms with E-state index in [0.29, 0.717) is 5.02 Å². The van der Waals surface area contributed by atoms with E-state index < -0.39 is 10.9 Å². The molecular formula is C15H12ClNO6. The van der Waals surface area contributed by atoms with Gasteiger partial charge in [-0.05, 0) is 30.3 Å². The fourth-order valence-corrected chi connectivity index (χ4v) is 2.00. The standard InChI is InChI=1S/C15H12ClNO6/c1-21-10-4-6-13(12(8-10)17(19)20)23-15(18)11-5-3-9(16)7-14(11)22-2/h3-8H,1-2H3. The first kappa shape index (κ1) is 16.6. The quantitative estimate of drug-likeness (QED) is 0.359. The van der Waals surface area contributed by atoms with Crippen molar-refractivity contribution < 1.29 is 23.9 Å². The van der Waals surface area contributed by atoms with Gasteiger partial charge in [0.2, 0.25) is 5.75 Å². The number of hydrogen-bond donors (Lipinski definition) is 0. The summed E-state index contributed by atoms with van der Waals surface area (Å²) in [6.45, 7) is 0. The normalized spacial score (nSPS) is 10.0. The van der Waals surface area contributed by atoms with Gasteiger partial charge >= 0.3 is 11.7 Å². The number of ether oxygens (including phenoxy) is 3. The third kappa shape index (κ3) is 3.70. The molecule has 0 unspecified atom stereocenters. The third-order valence-electron chi connectivity index (χ3n) is 2.95. The maximum absolute atomic E-state index is 12.2. The van der Waals surface area contributed by atoms with Crippen molar-refractivity contribution in [1.29, 1.82) is 0 Å². The summed E-state index contributed by atoms with van der Waals surface area (Å²) < 4.78 is 15.1. The van der Waals surface area contributed by atoms with Crippen molar-refractivity contribution >= 4 is 23.3 Å². The van der Waals surface area contributed by atoms with E-state index in [1.807, 2.05) is 0 Å². The Morgan fingerprint density at radius 2 is 1.83 bits per heavy atom. The fraction of sp³-hybridized carbons (Fsp3) is 0.133. The van der Waals surface area contributed by atoms with Crippen LogP contribution in [0.5, 0.6) is 17.2 Å². The summed E-state index contributed by atoms with van der Waals surface area (Å²) in [5.41, 5.74) is -0.285. The van der Waals surface area contributed by atoms with Crippen LogP contribution in [0.15, 0.2) is 36.4 Å². The van der Waals surface area contributed by atoms with Gasteiger partial charge in [-0.2, -0.15) is 0 Å². The van der Waals surface area contributed by atoms with Gasteiger partial charge in [0.05, 0.1) is 25.2 Å². The zero-order valence-electron chi connectivity index (χ0n) is 12.2. The van der Waals surface area contributed by atoms with Crippen molar-refractivity contribution in [1.82, 2.24) is 0 Å². The van der Waals surface area contributed by atoms with Crippen LogP contribution < -0.4 is 14.2 Å². The second kappa shape index (κ2) is 6.97. The van der Waals surface area contributed by atoms with Crippen molar-refractivity contribution in [3.63, 3.8) is 0 Å². The fourth-order valence-electron chi connectivity index (χ4n) is 1.84. The number of carbonyl (C=O) groups is 1. The molecule has 0 fully saturated rings. The molecule has 0 amide bonds. The van der Waals surface area contributed by atoms with Gasteiger partial charge in [0.1, 0.15) is 17.1 Å². The number of hydrogen-bond acceptors (Lipinski definition) is 6. The average Bonchev–Trinajstić information content (AvgIpc) is 2.54. The van der Waals surface area contributed by atoms with E-state index >= 15 is 0 Å². The second-order valence-corrected chi connectivity index (χ2v) is 4.76. The zero-order valence-corrected chi connectivity index (χ0v) is 13.0. The first-order valence-electron chi connectivity index (χ1n) is 6.34. The highest BCUT2D eigenvalue weighted by molar-refractivity contribution is 6.30. The molecule has 0 saturated heterocycles. The maximum atomic E-state index is 12.2. The van der Waals surface area contributed by atoms with E-state index in [2.05, 4.69) is 0 Å². The first-order chi connectivity index (χ1) is 11.0. The van der Waals surface area contributed by atoms with Gasteiger partial charge < -0.3 is 14.2 Å². The molecule has 0 bridgehead atoms. The lowest BCUT2D eigenvalue weighted by atomic mass is 10.2. The smallest absolute Gasteiger partial charge is 0.347 e. The summed E-state index contributed by atoms with van der Waals surface area (Å²) in [5.74, 6) is -0.510. The van der Waals surface area contributed by atoms with Gasteiger partial charge in [0.25, 0.3) is 0 Å². The molecule has 0 aliphatic rings. The number of halogens is 1. The molecular weight excluding hydrogens is 326 g/mol. The number of rotatable bonds is 5. The van der Waals surface area contributed by atoms with E-state index in [0.717, 1.165) is 0 Å². The lowest BCUT2D eigenvalue weighted by Crippen LogP contribution is -2.11. The van der Waals surface area contributed by atoms with Crippen molar-refractivity contribution in [3.8, 4) is 17.2 Å². The third-order valence-corrected chi connectivity index (χ3v) is 3.18. The molecule has 0 spiro atoms. The Morgan fingerprint density at radius 1 is 1.09 bits per heavy atom. The molecule has 23 heavy (non-hydrogen) atoms. The SMILES string of the molecule is COc1ccc(OC(=O)c2ccc(Cl)cc2OC)c([N+](=O)[O-])c1. The Hall–Kier alpha value is -2.80. The first-order valence-corrected chi connectivity index (χ1v) is 6.72. The van der Waals surface area contributed by atoms with Crippen LogP contribution in [0.1, 0.15) is 10.4 Å². The highest BCUT2D eigenvalue weighted by Crippen LogP contribution is 2.32. The molecule has 2 rings (SSSR count). The predicted octanol–water partition coefficient (Wildman–Crippen LogP) is 3.48. The van der Waals surface area contributed by atoms with Crippen molar-refractivity contribution in [2.75, 3.05) is 14.2 Å². The molecule has 0 aromatic heterocycles. The Balaban J connectivity index is 2.36. The molecule has 7 nitrogen and oxygen atoms in total. The minimum absolute atomic E-state index is 0.0991. The molecule has 0 radical (unpaired) electrons. The second-order valence-electron chi connectivity index (χ2n) is 4.32. The Morgan fingerprint density at radius 3 is 2.43 bits per heavy atom. The topological polar surface area (TPSA) is 87.9 Å². The molecule has 0 heterocycles. The van der Waals surface area contributed by atoms with Crippen LogP contribution in [0.4, 0.5) is 5.69 Å². The van der Waals surface area contributed by atoms with E-state index in [1.54, 1.807) is 0 Å². The minimum atomic E-state index is -0.799. The summed E-state index contributed by atoms with van der Waals surface area (Å²) in [6.07, 6.45) is 0. The predicted molar refractivity (Wildman–Crippen MR) is 82.6 cm³/mol. The Bertz CT molecular complexity index is 762. The Labute approximate surface area is 136 Å². The van der Waals surface area contributed by atoms with E-state index in [1.165, 1.54) is 50.6 Å².